The summed E-state index contributed by atoms with van der Waals surface area (Å²) < 4.78 is 5.48. The van der Waals surface area contributed by atoms with Crippen LogP contribution in [0, 0.1) is 6.92 Å². The molecule has 0 bridgehead atoms. The van der Waals surface area contributed by atoms with Crippen LogP contribution in [-0.2, 0) is 0 Å². The molecule has 0 aliphatic carbocycles. The van der Waals surface area contributed by atoms with Gasteiger partial charge in [0, 0.05) is 29.6 Å². The first-order chi connectivity index (χ1) is 7.24. The van der Waals surface area contributed by atoms with Gasteiger partial charge < -0.3 is 9.72 Å². The largest absolute Gasteiger partial charge is 0.454 e. The monoisotopic (exact) mass is 225 g/mol. The minimum Gasteiger partial charge on any atom is -0.454 e. The zero-order valence-electron chi connectivity index (χ0n) is 9.23. The number of hydrogen-bond donors (Lipinski definition) is 1. The number of aromatic nitrogens is 2. The van der Waals surface area contributed by atoms with Gasteiger partial charge in [0.05, 0.1) is 12.4 Å². The molecule has 0 saturated heterocycles. The van der Waals surface area contributed by atoms with E-state index in [9.17, 15) is 4.79 Å². The van der Waals surface area contributed by atoms with E-state index >= 15 is 0 Å². The van der Waals surface area contributed by atoms with Gasteiger partial charge in [-0.15, -0.1) is 0 Å². The van der Waals surface area contributed by atoms with Crippen molar-refractivity contribution in [2.75, 3.05) is 0 Å². The normalized spacial score (nSPS) is 9.31. The third-order valence-corrected chi connectivity index (χ3v) is 1.87. The minimum absolute atomic E-state index is 0. The molecule has 2 rings (SSSR count). The predicted molar refractivity (Wildman–Crippen MR) is 61.9 cm³/mol. The van der Waals surface area contributed by atoms with Crippen molar-refractivity contribution in [2.45, 2.75) is 6.92 Å². The first-order valence-electron chi connectivity index (χ1n) is 4.53. The summed E-state index contributed by atoms with van der Waals surface area (Å²) >= 11 is 0. The third kappa shape index (κ3) is 3.48. The molecular formula is C11H10N2NaO2. The molecule has 0 spiro atoms. The number of nitrogens with zero attached hydrogens (tertiary/aromatic N) is 1. The Morgan fingerprint density at radius 3 is 2.75 bits per heavy atom. The maximum atomic E-state index is 10.7. The van der Waals surface area contributed by atoms with Crippen molar-refractivity contribution in [2.24, 2.45) is 0 Å². The zero-order valence-corrected chi connectivity index (χ0v) is 11.2. The van der Waals surface area contributed by atoms with Crippen LogP contribution in [0.4, 0.5) is 0 Å². The first kappa shape index (κ1) is 13.0. The van der Waals surface area contributed by atoms with Crippen molar-refractivity contribution in [1.29, 1.82) is 0 Å². The van der Waals surface area contributed by atoms with Crippen LogP contribution in [0.5, 0.6) is 11.5 Å². The Morgan fingerprint density at radius 2 is 2.12 bits per heavy atom. The fourth-order valence-electron chi connectivity index (χ4n) is 1.20. The molecule has 5 heteroatoms. The Kier molecular flexibility index (Phi) is 4.73. The van der Waals surface area contributed by atoms with Crippen molar-refractivity contribution >= 4 is 29.6 Å². The van der Waals surface area contributed by atoms with E-state index in [2.05, 4.69) is 9.97 Å². The van der Waals surface area contributed by atoms with Crippen LogP contribution in [-0.4, -0.2) is 39.5 Å². The Hall–Kier alpha value is -1.10. The summed E-state index contributed by atoms with van der Waals surface area (Å²) in [6.45, 7) is 1.98. The molecule has 0 saturated carbocycles. The maximum Gasteiger partial charge on any atom is 0.345 e. The standard InChI is InChI=1S/C11H10N2O2.Na/c1-8-3-2-4-9(5-8)15-10-6-12-11(14)13-7-10;/h2-7H,1H3,(H,12,13,14);. The molecule has 0 aliphatic heterocycles. The van der Waals surface area contributed by atoms with Gasteiger partial charge in [0.25, 0.3) is 0 Å². The topological polar surface area (TPSA) is 55.0 Å². The summed E-state index contributed by atoms with van der Waals surface area (Å²) in [5.74, 6) is 1.24. The molecule has 1 radical (unpaired) electrons. The summed E-state index contributed by atoms with van der Waals surface area (Å²) in [5, 5.41) is 0. The van der Waals surface area contributed by atoms with Crippen LogP contribution in [0.25, 0.3) is 0 Å². The predicted octanol–water partition coefficient (Wildman–Crippen LogP) is 1.49. The van der Waals surface area contributed by atoms with E-state index in [0.29, 0.717) is 5.75 Å². The van der Waals surface area contributed by atoms with Gasteiger partial charge >= 0.3 is 5.69 Å². The van der Waals surface area contributed by atoms with Gasteiger partial charge in [-0.25, -0.2) is 4.79 Å². The average molecular weight is 225 g/mol. The molecule has 1 aromatic heterocycles. The molecule has 0 unspecified atom stereocenters. The smallest absolute Gasteiger partial charge is 0.345 e. The fraction of sp³-hybridized carbons (Fsp3) is 0.0909. The molecule has 0 amide bonds. The van der Waals surface area contributed by atoms with Crippen LogP contribution in [0.1, 0.15) is 5.56 Å². The quantitative estimate of drug-likeness (QED) is 0.788. The Bertz CT molecular complexity index is 505. The Morgan fingerprint density at radius 1 is 1.31 bits per heavy atom. The molecule has 77 valence electrons. The van der Waals surface area contributed by atoms with Crippen LogP contribution < -0.4 is 10.4 Å². The SMILES string of the molecule is Cc1cccc(Oc2cnc(=O)[nH]c2)c1.[Na]. The van der Waals surface area contributed by atoms with Crippen LogP contribution in [0.3, 0.4) is 0 Å². The van der Waals surface area contributed by atoms with E-state index in [1.807, 2.05) is 31.2 Å². The number of benzene rings is 1. The van der Waals surface area contributed by atoms with Crippen molar-refractivity contribution in [3.05, 3.63) is 52.7 Å². The van der Waals surface area contributed by atoms with Gasteiger partial charge in [0.1, 0.15) is 5.75 Å². The van der Waals surface area contributed by atoms with E-state index in [0.717, 1.165) is 11.3 Å². The van der Waals surface area contributed by atoms with E-state index in [-0.39, 0.29) is 35.2 Å². The second kappa shape index (κ2) is 5.84. The maximum absolute atomic E-state index is 10.7. The number of ether oxygens (including phenoxy) is 1. The second-order valence-corrected chi connectivity index (χ2v) is 3.17. The van der Waals surface area contributed by atoms with Crippen LogP contribution >= 0.6 is 0 Å². The fourth-order valence-corrected chi connectivity index (χ4v) is 1.20. The van der Waals surface area contributed by atoms with Gasteiger partial charge in [0.2, 0.25) is 0 Å². The van der Waals surface area contributed by atoms with E-state index in [1.54, 1.807) is 0 Å². The van der Waals surface area contributed by atoms with Crippen LogP contribution in [0.15, 0.2) is 41.5 Å². The number of rotatable bonds is 2. The summed E-state index contributed by atoms with van der Waals surface area (Å²) in [6, 6.07) is 7.64. The molecule has 0 atom stereocenters. The van der Waals surface area contributed by atoms with Gasteiger partial charge in [-0.05, 0) is 24.6 Å². The van der Waals surface area contributed by atoms with Gasteiger partial charge in [-0.3, -0.25) is 0 Å². The summed E-state index contributed by atoms with van der Waals surface area (Å²) in [4.78, 5) is 16.7. The van der Waals surface area contributed by atoms with Crippen molar-refractivity contribution in [1.82, 2.24) is 9.97 Å². The molecule has 0 aliphatic rings. The first-order valence-corrected chi connectivity index (χ1v) is 4.53. The summed E-state index contributed by atoms with van der Waals surface area (Å²) in [5.41, 5.74) is 0.733. The Labute approximate surface area is 115 Å². The summed E-state index contributed by atoms with van der Waals surface area (Å²) in [7, 11) is 0. The van der Waals surface area contributed by atoms with E-state index in [4.69, 9.17) is 4.74 Å². The molecule has 1 aromatic carbocycles. The number of aromatic amines is 1. The summed E-state index contributed by atoms with van der Waals surface area (Å²) in [6.07, 6.45) is 2.87. The number of nitrogens with one attached hydrogen (secondary N) is 1. The number of aryl methyl sites for hydroxylation is 1. The molecule has 16 heavy (non-hydrogen) atoms. The zero-order chi connectivity index (χ0) is 10.7. The number of hydrogen-bond acceptors (Lipinski definition) is 3. The van der Waals surface area contributed by atoms with Gasteiger partial charge in [0.15, 0.2) is 5.75 Å². The number of H-pyrrole nitrogens is 1. The molecule has 4 nitrogen and oxygen atoms in total. The van der Waals surface area contributed by atoms with Crippen LogP contribution in [0.2, 0.25) is 0 Å². The molecule has 2 aromatic rings. The molecule has 0 fully saturated rings. The van der Waals surface area contributed by atoms with Crippen molar-refractivity contribution in [3.63, 3.8) is 0 Å². The van der Waals surface area contributed by atoms with Gasteiger partial charge in [-0.1, -0.05) is 12.1 Å². The Balaban J connectivity index is 0.00000128. The average Bonchev–Trinajstić information content (AvgIpc) is 2.22. The molecule has 1 heterocycles. The minimum atomic E-state index is -0.383. The molecular weight excluding hydrogens is 215 g/mol. The van der Waals surface area contributed by atoms with Crippen molar-refractivity contribution in [3.8, 4) is 11.5 Å². The van der Waals surface area contributed by atoms with Crippen molar-refractivity contribution < 1.29 is 4.74 Å². The second-order valence-electron chi connectivity index (χ2n) is 3.17. The third-order valence-electron chi connectivity index (χ3n) is 1.87. The van der Waals surface area contributed by atoms with Gasteiger partial charge in [-0.2, -0.15) is 4.98 Å². The van der Waals surface area contributed by atoms with E-state index < -0.39 is 0 Å². The molecule has 1 N–H and O–H groups in total. The van der Waals surface area contributed by atoms with E-state index in [1.165, 1.54) is 12.4 Å².